The highest BCUT2D eigenvalue weighted by Crippen LogP contribution is 2.35. The smallest absolute Gasteiger partial charge is 0.381 e. The Morgan fingerprint density at radius 2 is 1.89 bits per heavy atom. The summed E-state index contributed by atoms with van der Waals surface area (Å²) in [6.45, 7) is 1.60. The van der Waals surface area contributed by atoms with Crippen molar-refractivity contribution in [3.05, 3.63) is 62.4 Å². The highest BCUT2D eigenvalue weighted by atomic mass is 35.5. The molecule has 1 aromatic heterocycles. The number of hydrogen-bond acceptors (Lipinski definition) is 3. The Balaban J connectivity index is 1.61. The lowest BCUT2D eigenvalue weighted by Gasteiger charge is -2.28. The molecule has 188 valence electrons. The first kappa shape index (κ1) is 25.8. The monoisotopic (exact) mass is 527 g/mol. The number of nitrogens with one attached hydrogen (secondary N) is 1. The van der Waals surface area contributed by atoms with E-state index in [2.05, 4.69) is 10.3 Å². The van der Waals surface area contributed by atoms with Crippen LogP contribution in [0.15, 0.2) is 24.3 Å². The number of aryl methyl sites for hydroxylation is 2. The zero-order valence-corrected chi connectivity index (χ0v) is 21.1. The number of alkyl halides is 3. The van der Waals surface area contributed by atoms with Crippen LogP contribution in [-0.4, -0.2) is 34.7 Å². The Morgan fingerprint density at radius 3 is 2.51 bits per heavy atom. The van der Waals surface area contributed by atoms with E-state index in [0.29, 0.717) is 38.6 Å². The normalized spacial score (nSPS) is 18.7. The first-order chi connectivity index (χ1) is 16.5. The predicted octanol–water partition coefficient (Wildman–Crippen LogP) is 6.49. The largest absolute Gasteiger partial charge is 0.416 e. The number of carbonyl (C=O) groups is 1. The van der Waals surface area contributed by atoms with Crippen LogP contribution in [0, 0.1) is 6.92 Å². The number of amides is 1. The predicted molar refractivity (Wildman–Crippen MR) is 130 cm³/mol. The summed E-state index contributed by atoms with van der Waals surface area (Å²) < 4.78 is 46.9. The Kier molecular flexibility index (Phi) is 7.36. The lowest BCUT2D eigenvalue weighted by atomic mass is 9.92. The van der Waals surface area contributed by atoms with Gasteiger partial charge < -0.3 is 14.6 Å². The highest BCUT2D eigenvalue weighted by molar-refractivity contribution is 6.38. The van der Waals surface area contributed by atoms with Gasteiger partial charge in [0.2, 0.25) is 0 Å². The fourth-order valence-corrected chi connectivity index (χ4v) is 5.22. The molecule has 0 unspecified atom stereocenters. The Morgan fingerprint density at radius 1 is 1.20 bits per heavy atom. The van der Waals surface area contributed by atoms with E-state index < -0.39 is 11.7 Å². The van der Waals surface area contributed by atoms with Crippen molar-refractivity contribution in [1.29, 1.82) is 0 Å². The topological polar surface area (TPSA) is 56.1 Å². The van der Waals surface area contributed by atoms with E-state index in [-0.39, 0.29) is 29.5 Å². The third kappa shape index (κ3) is 5.29. The third-order valence-electron chi connectivity index (χ3n) is 6.71. The van der Waals surface area contributed by atoms with Crippen LogP contribution in [0.2, 0.25) is 10.0 Å². The van der Waals surface area contributed by atoms with E-state index in [1.165, 1.54) is 0 Å². The van der Waals surface area contributed by atoms with Crippen molar-refractivity contribution in [2.45, 2.75) is 57.3 Å². The van der Waals surface area contributed by atoms with Crippen molar-refractivity contribution < 1.29 is 22.7 Å². The molecule has 1 saturated carbocycles. The average molecular weight is 528 g/mol. The van der Waals surface area contributed by atoms with Crippen molar-refractivity contribution >= 4 is 40.1 Å². The Hall–Kier alpha value is -2.29. The fraction of sp³-hybridized carbons (Fsp3) is 0.440. The van der Waals surface area contributed by atoms with Gasteiger partial charge in [-0.15, -0.1) is 0 Å². The molecule has 0 radical (unpaired) electrons. The minimum Gasteiger partial charge on any atom is -0.381 e. The summed E-state index contributed by atoms with van der Waals surface area (Å²) in [6.07, 6.45) is -0.683. The van der Waals surface area contributed by atoms with Gasteiger partial charge in [0.05, 0.1) is 33.3 Å². The summed E-state index contributed by atoms with van der Waals surface area (Å²) in [7, 11) is 3.35. The lowest BCUT2D eigenvalue weighted by molar-refractivity contribution is -0.137. The lowest BCUT2D eigenvalue weighted by Crippen LogP contribution is -2.39. The third-order valence-corrected chi connectivity index (χ3v) is 7.49. The molecular formula is C25H26Cl2F3N3O2. The molecule has 0 aliphatic heterocycles. The first-order valence-corrected chi connectivity index (χ1v) is 12.1. The van der Waals surface area contributed by atoms with Crippen molar-refractivity contribution in [3.8, 4) is 0 Å². The standard InChI is InChI=1S/C25H26Cl2F3N3O2/c1-13-10-14(25(28,29)30)11-20-23(13)32-21(33(20)2)12-18-19(26)9-8-17(22(18)27)24(34)31-15-4-6-16(35-3)7-5-15/h8-11,15-16H,4-7,12H2,1-3H3,(H,31,34). The van der Waals surface area contributed by atoms with E-state index in [9.17, 15) is 18.0 Å². The molecule has 2 aromatic carbocycles. The number of ether oxygens (including phenoxy) is 1. The van der Waals surface area contributed by atoms with Gasteiger partial charge in [0.25, 0.3) is 5.91 Å². The molecule has 0 atom stereocenters. The average Bonchev–Trinajstić information content (AvgIpc) is 3.12. The fourth-order valence-electron chi connectivity index (χ4n) is 4.63. The molecule has 10 heteroatoms. The molecule has 4 rings (SSSR count). The number of carbonyl (C=O) groups excluding carboxylic acids is 1. The number of benzene rings is 2. The number of halogens is 5. The summed E-state index contributed by atoms with van der Waals surface area (Å²) in [5.41, 5.74) is 1.32. The molecule has 0 saturated heterocycles. The molecule has 1 N–H and O–H groups in total. The second kappa shape index (κ2) is 9.99. The van der Waals surface area contributed by atoms with Gasteiger partial charge in [-0.3, -0.25) is 4.79 Å². The molecule has 1 amide bonds. The van der Waals surface area contributed by atoms with E-state index in [4.69, 9.17) is 27.9 Å². The molecule has 1 heterocycles. The van der Waals surface area contributed by atoms with Crippen molar-refractivity contribution in [2.75, 3.05) is 7.11 Å². The van der Waals surface area contributed by atoms with E-state index >= 15 is 0 Å². The molecule has 1 aliphatic carbocycles. The minimum absolute atomic E-state index is 0.0368. The summed E-state index contributed by atoms with van der Waals surface area (Å²) in [5, 5.41) is 3.60. The molecule has 0 spiro atoms. The SMILES string of the molecule is COC1CCC(NC(=O)c2ccc(Cl)c(Cc3nc4c(C)cc(C(F)(F)F)cc4n3C)c2Cl)CC1. The molecule has 1 aliphatic rings. The Labute approximate surface area is 211 Å². The molecule has 0 bridgehead atoms. The molecule has 3 aromatic rings. The van der Waals surface area contributed by atoms with Gasteiger partial charge in [-0.05, 0) is 68.0 Å². The molecule has 5 nitrogen and oxygen atoms in total. The van der Waals surface area contributed by atoms with E-state index in [1.807, 2.05) is 0 Å². The number of fused-ring (bicyclic) bond motifs is 1. The molecule has 1 fully saturated rings. The van der Waals surface area contributed by atoms with Gasteiger partial charge in [0.1, 0.15) is 5.82 Å². The van der Waals surface area contributed by atoms with Crippen molar-refractivity contribution in [1.82, 2.24) is 14.9 Å². The summed E-state index contributed by atoms with van der Waals surface area (Å²) >= 11 is 13.1. The van der Waals surface area contributed by atoms with Gasteiger partial charge in [-0.1, -0.05) is 23.2 Å². The number of rotatable bonds is 5. The van der Waals surface area contributed by atoms with Crippen LogP contribution >= 0.6 is 23.2 Å². The second-order valence-electron chi connectivity index (χ2n) is 8.99. The van der Waals surface area contributed by atoms with E-state index in [0.717, 1.165) is 37.8 Å². The maximum Gasteiger partial charge on any atom is 0.416 e. The maximum absolute atomic E-state index is 13.3. The highest BCUT2D eigenvalue weighted by Gasteiger charge is 2.32. The number of imidazole rings is 1. The van der Waals surface area contributed by atoms with Gasteiger partial charge in [0, 0.05) is 31.6 Å². The number of aromatic nitrogens is 2. The van der Waals surface area contributed by atoms with Crippen molar-refractivity contribution in [2.24, 2.45) is 7.05 Å². The second-order valence-corrected chi connectivity index (χ2v) is 9.78. The van der Waals surface area contributed by atoms with Gasteiger partial charge in [-0.2, -0.15) is 13.2 Å². The van der Waals surface area contributed by atoms with Gasteiger partial charge in [0.15, 0.2) is 0 Å². The summed E-state index contributed by atoms with van der Waals surface area (Å²) in [5.74, 6) is 0.200. The molecular weight excluding hydrogens is 502 g/mol. The Bertz CT molecular complexity index is 1270. The minimum atomic E-state index is -4.46. The van der Waals surface area contributed by atoms with E-state index in [1.54, 1.807) is 37.8 Å². The number of hydrogen-bond donors (Lipinski definition) is 1. The quantitative estimate of drug-likeness (QED) is 0.412. The summed E-state index contributed by atoms with van der Waals surface area (Å²) in [4.78, 5) is 17.5. The van der Waals surface area contributed by atoms with Crippen molar-refractivity contribution in [3.63, 3.8) is 0 Å². The summed E-state index contributed by atoms with van der Waals surface area (Å²) in [6, 6.07) is 5.40. The van der Waals surface area contributed by atoms with Gasteiger partial charge in [-0.25, -0.2) is 4.98 Å². The van der Waals surface area contributed by atoms with Crippen LogP contribution in [0.5, 0.6) is 0 Å². The van der Waals surface area contributed by atoms with Crippen LogP contribution in [0.3, 0.4) is 0 Å². The first-order valence-electron chi connectivity index (χ1n) is 11.3. The van der Waals surface area contributed by atoms with Crippen LogP contribution < -0.4 is 5.32 Å². The molecule has 35 heavy (non-hydrogen) atoms. The number of nitrogens with zero attached hydrogens (tertiary/aromatic N) is 2. The van der Waals surface area contributed by atoms with Crippen LogP contribution in [0.25, 0.3) is 11.0 Å². The van der Waals surface area contributed by atoms with Gasteiger partial charge >= 0.3 is 6.18 Å². The number of methoxy groups -OCH3 is 1. The zero-order chi connectivity index (χ0) is 25.5. The van der Waals surface area contributed by atoms with Crippen LogP contribution in [-0.2, 0) is 24.4 Å². The van der Waals surface area contributed by atoms with Crippen LogP contribution in [0.1, 0.15) is 58.6 Å². The zero-order valence-electron chi connectivity index (χ0n) is 19.6. The van der Waals surface area contributed by atoms with Crippen LogP contribution in [0.4, 0.5) is 13.2 Å². The maximum atomic E-state index is 13.3.